The van der Waals surface area contributed by atoms with E-state index in [1.54, 1.807) is 23.7 Å². The molecule has 0 aliphatic carbocycles. The molecule has 1 aliphatic heterocycles. The maximum absolute atomic E-state index is 6.29. The van der Waals surface area contributed by atoms with Crippen molar-refractivity contribution in [2.45, 2.75) is 25.3 Å². The molecule has 0 amide bonds. The van der Waals surface area contributed by atoms with Gasteiger partial charge in [0.25, 0.3) is 0 Å². The fourth-order valence-electron chi connectivity index (χ4n) is 4.21. The first-order valence-electron chi connectivity index (χ1n) is 10.6. The van der Waals surface area contributed by atoms with E-state index in [2.05, 4.69) is 33.5 Å². The van der Waals surface area contributed by atoms with Crippen LogP contribution in [0.2, 0.25) is 0 Å². The Balaban J connectivity index is 1.61. The summed E-state index contributed by atoms with van der Waals surface area (Å²) in [5.41, 5.74) is 10.7. The fraction of sp³-hybridized carbons (Fsp3) is 0.292. The van der Waals surface area contributed by atoms with Crippen molar-refractivity contribution in [3.05, 3.63) is 59.5 Å². The molecule has 1 fully saturated rings. The van der Waals surface area contributed by atoms with Gasteiger partial charge in [-0.15, -0.1) is 11.3 Å². The number of nitrogens with two attached hydrogens (primary N) is 1. The molecule has 1 aromatic carbocycles. The van der Waals surface area contributed by atoms with Crippen LogP contribution in [0.3, 0.4) is 0 Å². The average Bonchev–Trinajstić information content (AvgIpc) is 3.24. The normalized spacial score (nSPS) is 14.9. The summed E-state index contributed by atoms with van der Waals surface area (Å²) >= 11 is 1.78. The first kappa shape index (κ1) is 20.1. The number of pyridine rings is 2. The van der Waals surface area contributed by atoms with Crippen molar-refractivity contribution in [3.8, 4) is 21.7 Å². The Morgan fingerprint density at radius 3 is 2.68 bits per heavy atom. The number of nitrogens with one attached hydrogen (secondary N) is 1. The minimum atomic E-state index is 0.509. The van der Waals surface area contributed by atoms with E-state index < -0.39 is 0 Å². The van der Waals surface area contributed by atoms with Gasteiger partial charge in [0.15, 0.2) is 0 Å². The zero-order chi connectivity index (χ0) is 21.2. The molecule has 1 saturated heterocycles. The standard InChI is InChI=1S/C24H25N5OS/c1-26-14-21-22(16-6-10-30-11-7-16)31-24(29-21)20-13-28-23(25)19-12-17(2-3-18(19)20)15-4-8-27-9-5-15/h2-5,8-9,12-13,16,26H,6-7,10-11,14H2,1H3,(H2,25,28). The second-order valence-electron chi connectivity index (χ2n) is 7.80. The number of hydrogen-bond donors (Lipinski definition) is 2. The summed E-state index contributed by atoms with van der Waals surface area (Å²) in [5.74, 6) is 1.04. The maximum Gasteiger partial charge on any atom is 0.131 e. The predicted molar refractivity (Wildman–Crippen MR) is 126 cm³/mol. The van der Waals surface area contributed by atoms with Crippen LogP contribution in [0, 0.1) is 0 Å². The number of benzene rings is 1. The van der Waals surface area contributed by atoms with Crippen LogP contribution in [-0.4, -0.2) is 35.2 Å². The predicted octanol–water partition coefficient (Wildman–Crippen LogP) is 4.62. The number of anilines is 1. The van der Waals surface area contributed by atoms with Gasteiger partial charge in [-0.2, -0.15) is 0 Å². The topological polar surface area (TPSA) is 86.0 Å². The lowest BCUT2D eigenvalue weighted by Crippen LogP contribution is -2.16. The molecule has 0 saturated carbocycles. The highest BCUT2D eigenvalue weighted by Gasteiger charge is 2.24. The molecule has 0 atom stereocenters. The molecular formula is C24H25N5OS. The Morgan fingerprint density at radius 2 is 1.90 bits per heavy atom. The van der Waals surface area contributed by atoms with Gasteiger partial charge < -0.3 is 15.8 Å². The molecule has 0 radical (unpaired) electrons. The van der Waals surface area contributed by atoms with Crippen LogP contribution in [0.15, 0.2) is 48.9 Å². The molecule has 0 spiro atoms. The summed E-state index contributed by atoms with van der Waals surface area (Å²) in [5, 5.41) is 6.30. The number of nitrogens with zero attached hydrogens (tertiary/aromatic N) is 3. The SMILES string of the molecule is CNCc1nc(-c2cnc(N)c3cc(-c4ccncc4)ccc23)sc1C1CCOCC1. The molecule has 31 heavy (non-hydrogen) atoms. The molecule has 3 N–H and O–H groups in total. The molecule has 158 valence electrons. The van der Waals surface area contributed by atoms with E-state index in [1.165, 1.54) is 4.88 Å². The van der Waals surface area contributed by atoms with Crippen LogP contribution in [0.25, 0.3) is 32.5 Å². The van der Waals surface area contributed by atoms with Crippen molar-refractivity contribution in [1.82, 2.24) is 20.3 Å². The van der Waals surface area contributed by atoms with Crippen LogP contribution in [0.1, 0.15) is 29.3 Å². The number of ether oxygens (including phenoxy) is 1. The first-order valence-corrected chi connectivity index (χ1v) is 11.4. The van der Waals surface area contributed by atoms with E-state index >= 15 is 0 Å². The van der Waals surface area contributed by atoms with Crippen molar-refractivity contribution in [2.24, 2.45) is 0 Å². The minimum absolute atomic E-state index is 0.509. The van der Waals surface area contributed by atoms with Crippen molar-refractivity contribution < 1.29 is 4.74 Å². The van der Waals surface area contributed by atoms with Crippen LogP contribution in [0.5, 0.6) is 0 Å². The summed E-state index contributed by atoms with van der Waals surface area (Å²) < 4.78 is 5.57. The number of fused-ring (bicyclic) bond motifs is 1. The molecule has 4 heterocycles. The molecular weight excluding hydrogens is 406 g/mol. The smallest absolute Gasteiger partial charge is 0.131 e. The number of hydrogen-bond acceptors (Lipinski definition) is 7. The van der Waals surface area contributed by atoms with E-state index in [9.17, 15) is 0 Å². The van der Waals surface area contributed by atoms with Crippen molar-refractivity contribution in [2.75, 3.05) is 26.0 Å². The first-order chi connectivity index (χ1) is 15.2. The molecule has 5 rings (SSSR count). The van der Waals surface area contributed by atoms with Gasteiger partial charge in [0.2, 0.25) is 0 Å². The van der Waals surface area contributed by atoms with Crippen molar-refractivity contribution >= 4 is 27.9 Å². The van der Waals surface area contributed by atoms with Crippen LogP contribution < -0.4 is 11.1 Å². The van der Waals surface area contributed by atoms with E-state index in [0.717, 1.165) is 70.8 Å². The van der Waals surface area contributed by atoms with Crippen molar-refractivity contribution in [1.29, 1.82) is 0 Å². The molecule has 6 nitrogen and oxygen atoms in total. The third kappa shape index (κ3) is 3.92. The number of thiazole rings is 1. The third-order valence-corrected chi connectivity index (χ3v) is 7.12. The van der Waals surface area contributed by atoms with E-state index in [1.807, 2.05) is 25.4 Å². The number of aromatic nitrogens is 3. The molecule has 4 aromatic rings. The summed E-state index contributed by atoms with van der Waals surface area (Å²) in [7, 11) is 1.97. The molecule has 3 aromatic heterocycles. The quantitative estimate of drug-likeness (QED) is 0.480. The Kier molecular flexibility index (Phi) is 5.63. The Hall–Kier alpha value is -2.87. The zero-order valence-corrected chi connectivity index (χ0v) is 18.3. The zero-order valence-electron chi connectivity index (χ0n) is 17.5. The van der Waals surface area contributed by atoms with Crippen molar-refractivity contribution in [3.63, 3.8) is 0 Å². The second kappa shape index (κ2) is 8.70. The third-order valence-electron chi connectivity index (χ3n) is 5.83. The van der Waals surface area contributed by atoms with Gasteiger partial charge in [0.1, 0.15) is 10.8 Å². The summed E-state index contributed by atoms with van der Waals surface area (Å²) in [6.45, 7) is 2.40. The van der Waals surface area contributed by atoms with Gasteiger partial charge in [-0.05, 0) is 60.5 Å². The fourth-order valence-corrected chi connectivity index (χ4v) is 5.48. The van der Waals surface area contributed by atoms with E-state index in [0.29, 0.717) is 11.7 Å². The Bertz CT molecular complexity index is 1200. The van der Waals surface area contributed by atoms with E-state index in [-0.39, 0.29) is 0 Å². The lowest BCUT2D eigenvalue weighted by Gasteiger charge is -2.21. The second-order valence-corrected chi connectivity index (χ2v) is 8.83. The van der Waals surface area contributed by atoms with E-state index in [4.69, 9.17) is 15.5 Å². The summed E-state index contributed by atoms with van der Waals surface area (Å²) in [6.07, 6.45) is 7.56. The lowest BCUT2D eigenvalue weighted by molar-refractivity contribution is 0.0858. The largest absolute Gasteiger partial charge is 0.383 e. The van der Waals surface area contributed by atoms with Gasteiger partial charge >= 0.3 is 0 Å². The number of rotatable bonds is 5. The average molecular weight is 432 g/mol. The van der Waals surface area contributed by atoms with Gasteiger partial charge in [-0.1, -0.05) is 12.1 Å². The highest BCUT2D eigenvalue weighted by molar-refractivity contribution is 7.15. The molecule has 7 heteroatoms. The van der Waals surface area contributed by atoms with Gasteiger partial charge in [0, 0.05) is 54.2 Å². The Labute approximate surface area is 185 Å². The monoisotopic (exact) mass is 431 g/mol. The van der Waals surface area contributed by atoms with Crippen LogP contribution >= 0.6 is 11.3 Å². The molecule has 0 unspecified atom stereocenters. The van der Waals surface area contributed by atoms with Gasteiger partial charge in [-0.3, -0.25) is 4.98 Å². The minimum Gasteiger partial charge on any atom is -0.383 e. The summed E-state index contributed by atoms with van der Waals surface area (Å²) in [6, 6.07) is 10.4. The molecule has 0 bridgehead atoms. The Morgan fingerprint density at radius 1 is 1.10 bits per heavy atom. The number of nitrogen functional groups attached to an aromatic ring is 1. The van der Waals surface area contributed by atoms with Gasteiger partial charge in [-0.25, -0.2) is 9.97 Å². The highest BCUT2D eigenvalue weighted by atomic mass is 32.1. The van der Waals surface area contributed by atoms with Crippen LogP contribution in [-0.2, 0) is 11.3 Å². The van der Waals surface area contributed by atoms with Crippen LogP contribution in [0.4, 0.5) is 5.82 Å². The molecule has 1 aliphatic rings. The summed E-state index contributed by atoms with van der Waals surface area (Å²) in [4.78, 5) is 15.0. The lowest BCUT2D eigenvalue weighted by atomic mass is 9.97. The maximum atomic E-state index is 6.29. The van der Waals surface area contributed by atoms with Gasteiger partial charge in [0.05, 0.1) is 5.69 Å². The highest BCUT2D eigenvalue weighted by Crippen LogP contribution is 2.40.